The van der Waals surface area contributed by atoms with Gasteiger partial charge < -0.3 is 15.4 Å². The van der Waals surface area contributed by atoms with Gasteiger partial charge in [0.1, 0.15) is 0 Å². The minimum Gasteiger partial charge on any atom is -0.385 e. The number of methoxy groups -OCH3 is 1. The minimum absolute atomic E-state index is 0.0169. The fraction of sp³-hybridized carbons (Fsp3) is 0.917. The second kappa shape index (κ2) is 7.63. The van der Waals surface area contributed by atoms with Crippen LogP contribution in [0.3, 0.4) is 0 Å². The molecule has 4 heteroatoms. The number of nitrogens with one attached hydrogen (secondary N) is 2. The molecule has 0 rings (SSSR count). The van der Waals surface area contributed by atoms with Crippen molar-refractivity contribution in [2.24, 2.45) is 11.3 Å². The highest BCUT2D eigenvalue weighted by atomic mass is 16.5. The van der Waals surface area contributed by atoms with Crippen LogP contribution < -0.4 is 10.6 Å². The summed E-state index contributed by atoms with van der Waals surface area (Å²) in [5, 5.41) is 5.98. The molecule has 0 aromatic rings. The highest BCUT2D eigenvalue weighted by molar-refractivity contribution is 5.78. The van der Waals surface area contributed by atoms with E-state index in [4.69, 9.17) is 4.74 Å². The molecule has 0 heterocycles. The van der Waals surface area contributed by atoms with E-state index in [2.05, 4.69) is 24.5 Å². The Bertz CT molecular complexity index is 205. The zero-order valence-electron chi connectivity index (χ0n) is 11.2. The second-order valence-electron chi connectivity index (χ2n) is 5.08. The van der Waals surface area contributed by atoms with E-state index in [9.17, 15) is 4.79 Å². The summed E-state index contributed by atoms with van der Waals surface area (Å²) in [7, 11) is 3.55. The summed E-state index contributed by atoms with van der Waals surface area (Å²) in [5.41, 5.74) is 0.0883. The standard InChI is InChI=1S/C12H26N2O2/c1-10(8-13-4)11(15)14-9-12(2,3)6-7-16-5/h10,13H,6-9H2,1-5H3,(H,14,15). The number of hydrogen-bond acceptors (Lipinski definition) is 3. The molecule has 1 amide bonds. The molecule has 0 aromatic carbocycles. The predicted octanol–water partition coefficient (Wildman–Crippen LogP) is 1.02. The summed E-state index contributed by atoms with van der Waals surface area (Å²) < 4.78 is 5.05. The number of hydrogen-bond donors (Lipinski definition) is 2. The third kappa shape index (κ3) is 6.80. The van der Waals surface area contributed by atoms with Crippen LogP contribution in [0.5, 0.6) is 0 Å². The van der Waals surface area contributed by atoms with Crippen molar-refractivity contribution in [3.05, 3.63) is 0 Å². The maximum Gasteiger partial charge on any atom is 0.224 e. The molecular formula is C12H26N2O2. The van der Waals surface area contributed by atoms with E-state index in [-0.39, 0.29) is 17.2 Å². The van der Waals surface area contributed by atoms with Gasteiger partial charge in [0.15, 0.2) is 0 Å². The van der Waals surface area contributed by atoms with E-state index < -0.39 is 0 Å². The SMILES string of the molecule is CNCC(C)C(=O)NCC(C)(C)CCOC. The number of ether oxygens (including phenoxy) is 1. The summed E-state index contributed by atoms with van der Waals surface area (Å²) in [6.45, 7) is 8.33. The first-order chi connectivity index (χ1) is 7.43. The third-order valence-electron chi connectivity index (χ3n) is 2.68. The molecule has 0 aromatic heterocycles. The van der Waals surface area contributed by atoms with Gasteiger partial charge in [0.25, 0.3) is 0 Å². The Hall–Kier alpha value is -0.610. The fourth-order valence-corrected chi connectivity index (χ4v) is 1.37. The molecule has 1 unspecified atom stereocenters. The average Bonchev–Trinajstić information content (AvgIpc) is 2.23. The Kier molecular flexibility index (Phi) is 7.34. The Morgan fingerprint density at radius 3 is 2.56 bits per heavy atom. The Morgan fingerprint density at radius 2 is 2.06 bits per heavy atom. The van der Waals surface area contributed by atoms with E-state index in [0.29, 0.717) is 13.1 Å². The molecule has 0 aliphatic rings. The molecule has 0 saturated heterocycles. The van der Waals surface area contributed by atoms with Gasteiger partial charge in [-0.1, -0.05) is 20.8 Å². The van der Waals surface area contributed by atoms with Crippen molar-refractivity contribution in [3.63, 3.8) is 0 Å². The minimum atomic E-state index is 0.0169. The predicted molar refractivity (Wildman–Crippen MR) is 66.4 cm³/mol. The van der Waals surface area contributed by atoms with Crippen molar-refractivity contribution in [3.8, 4) is 0 Å². The lowest BCUT2D eigenvalue weighted by Crippen LogP contribution is -2.39. The van der Waals surface area contributed by atoms with Gasteiger partial charge in [-0.2, -0.15) is 0 Å². The highest BCUT2D eigenvalue weighted by Gasteiger charge is 2.20. The molecular weight excluding hydrogens is 204 g/mol. The first kappa shape index (κ1) is 15.4. The summed E-state index contributed by atoms with van der Waals surface area (Å²) in [6, 6.07) is 0. The van der Waals surface area contributed by atoms with Crippen molar-refractivity contribution >= 4 is 5.91 Å². The van der Waals surface area contributed by atoms with E-state index in [0.717, 1.165) is 13.0 Å². The normalized spacial score (nSPS) is 13.6. The van der Waals surface area contributed by atoms with E-state index in [1.165, 1.54) is 0 Å². The van der Waals surface area contributed by atoms with Crippen molar-refractivity contribution < 1.29 is 9.53 Å². The molecule has 2 N–H and O–H groups in total. The molecule has 0 bridgehead atoms. The lowest BCUT2D eigenvalue weighted by atomic mass is 9.89. The number of carbonyl (C=O) groups excluding carboxylic acids is 1. The number of carbonyl (C=O) groups is 1. The highest BCUT2D eigenvalue weighted by Crippen LogP contribution is 2.18. The smallest absolute Gasteiger partial charge is 0.224 e. The first-order valence-electron chi connectivity index (χ1n) is 5.84. The summed E-state index contributed by atoms with van der Waals surface area (Å²) in [4.78, 5) is 11.7. The molecule has 0 radical (unpaired) electrons. The largest absolute Gasteiger partial charge is 0.385 e. The van der Waals surface area contributed by atoms with Crippen molar-refractivity contribution in [2.45, 2.75) is 27.2 Å². The van der Waals surface area contributed by atoms with Crippen LogP contribution in [-0.2, 0) is 9.53 Å². The van der Waals surface area contributed by atoms with E-state index in [1.807, 2.05) is 14.0 Å². The molecule has 16 heavy (non-hydrogen) atoms. The van der Waals surface area contributed by atoms with Crippen LogP contribution in [0.2, 0.25) is 0 Å². The van der Waals surface area contributed by atoms with Crippen LogP contribution in [0.25, 0.3) is 0 Å². The van der Waals surface area contributed by atoms with Gasteiger partial charge >= 0.3 is 0 Å². The van der Waals surface area contributed by atoms with Gasteiger partial charge in [0, 0.05) is 32.7 Å². The van der Waals surface area contributed by atoms with E-state index >= 15 is 0 Å². The monoisotopic (exact) mass is 230 g/mol. The van der Waals surface area contributed by atoms with Crippen LogP contribution in [-0.4, -0.2) is 39.8 Å². The molecule has 0 saturated carbocycles. The average molecular weight is 230 g/mol. The van der Waals surface area contributed by atoms with Crippen LogP contribution >= 0.6 is 0 Å². The summed E-state index contributed by atoms with van der Waals surface area (Å²) >= 11 is 0. The van der Waals surface area contributed by atoms with E-state index in [1.54, 1.807) is 7.11 Å². The molecule has 1 atom stereocenters. The summed E-state index contributed by atoms with van der Waals surface area (Å²) in [6.07, 6.45) is 0.949. The molecule has 4 nitrogen and oxygen atoms in total. The first-order valence-corrected chi connectivity index (χ1v) is 5.84. The third-order valence-corrected chi connectivity index (χ3v) is 2.68. The van der Waals surface area contributed by atoms with Crippen molar-refractivity contribution in [1.29, 1.82) is 0 Å². The molecule has 0 aliphatic carbocycles. The maximum atomic E-state index is 11.7. The van der Waals surface area contributed by atoms with Crippen molar-refractivity contribution in [2.75, 3.05) is 33.9 Å². The Morgan fingerprint density at radius 1 is 1.44 bits per heavy atom. The lowest BCUT2D eigenvalue weighted by molar-refractivity contribution is -0.124. The van der Waals surface area contributed by atoms with Crippen LogP contribution in [0, 0.1) is 11.3 Å². The topological polar surface area (TPSA) is 50.4 Å². The maximum absolute atomic E-state index is 11.7. The molecule has 96 valence electrons. The van der Waals surface area contributed by atoms with Crippen LogP contribution in [0.1, 0.15) is 27.2 Å². The van der Waals surface area contributed by atoms with Gasteiger partial charge in [-0.3, -0.25) is 4.79 Å². The van der Waals surface area contributed by atoms with Gasteiger partial charge in [-0.05, 0) is 18.9 Å². The Balaban J connectivity index is 3.89. The van der Waals surface area contributed by atoms with Crippen LogP contribution in [0.15, 0.2) is 0 Å². The Labute approximate surface area is 99.1 Å². The zero-order chi connectivity index (χ0) is 12.6. The van der Waals surface area contributed by atoms with Gasteiger partial charge in [0.05, 0.1) is 0 Å². The molecule has 0 spiro atoms. The van der Waals surface area contributed by atoms with Gasteiger partial charge in [-0.25, -0.2) is 0 Å². The second-order valence-corrected chi connectivity index (χ2v) is 5.08. The van der Waals surface area contributed by atoms with Gasteiger partial charge in [0.2, 0.25) is 5.91 Å². The molecule has 0 aliphatic heterocycles. The van der Waals surface area contributed by atoms with Gasteiger partial charge in [-0.15, -0.1) is 0 Å². The summed E-state index contributed by atoms with van der Waals surface area (Å²) in [5.74, 6) is 0.128. The zero-order valence-corrected chi connectivity index (χ0v) is 11.2. The fourth-order valence-electron chi connectivity index (χ4n) is 1.37. The number of rotatable bonds is 8. The van der Waals surface area contributed by atoms with Crippen LogP contribution in [0.4, 0.5) is 0 Å². The quantitative estimate of drug-likeness (QED) is 0.654. The molecule has 0 fully saturated rings. The number of amides is 1. The lowest BCUT2D eigenvalue weighted by Gasteiger charge is -2.25. The van der Waals surface area contributed by atoms with Crippen molar-refractivity contribution in [1.82, 2.24) is 10.6 Å².